The van der Waals surface area contributed by atoms with Gasteiger partial charge in [-0.15, -0.1) is 23.1 Å². The van der Waals surface area contributed by atoms with Crippen LogP contribution < -0.4 is 5.73 Å². The molecule has 2 aromatic heterocycles. The van der Waals surface area contributed by atoms with Gasteiger partial charge in [0.1, 0.15) is 0 Å². The number of aryl methyl sites for hydroxylation is 1. The third-order valence-electron chi connectivity index (χ3n) is 6.35. The molecule has 2 heterocycles. The minimum Gasteiger partial charge on any atom is -0.405 e. The Kier molecular flexibility index (Phi) is 17.3. The lowest BCUT2D eigenvalue weighted by Crippen LogP contribution is -1.89. The quantitative estimate of drug-likeness (QED) is 0.140. The van der Waals surface area contributed by atoms with Crippen LogP contribution in [0.3, 0.4) is 0 Å². The molecule has 206 valence electrons. The van der Waals surface area contributed by atoms with Crippen LogP contribution in [0.25, 0.3) is 12.2 Å². The van der Waals surface area contributed by atoms with E-state index < -0.39 is 0 Å². The van der Waals surface area contributed by atoms with Gasteiger partial charge in [0.15, 0.2) is 0 Å². The molecule has 0 radical (unpaired) electrons. The molecule has 0 aromatic carbocycles. The Morgan fingerprint density at radius 2 is 1.79 bits per heavy atom. The molecule has 38 heavy (non-hydrogen) atoms. The first-order chi connectivity index (χ1) is 18.7. The van der Waals surface area contributed by atoms with E-state index in [0.29, 0.717) is 0 Å². The average molecular weight is 549 g/mol. The third-order valence-corrected chi connectivity index (χ3v) is 8.63. The van der Waals surface area contributed by atoms with Crippen LogP contribution in [0.1, 0.15) is 99.6 Å². The first-order valence-electron chi connectivity index (χ1n) is 14.4. The maximum Gasteiger partial charge on any atom is 0.0447 e. The molecule has 0 unspecified atom stereocenters. The Balaban J connectivity index is 1.88. The van der Waals surface area contributed by atoms with Gasteiger partial charge in [0, 0.05) is 33.8 Å². The van der Waals surface area contributed by atoms with Crippen molar-refractivity contribution in [3.05, 3.63) is 98.5 Å². The van der Waals surface area contributed by atoms with Gasteiger partial charge in [0.2, 0.25) is 0 Å². The number of unbranched alkanes of at least 4 members (excludes halogenated alkanes) is 6. The zero-order chi connectivity index (χ0) is 27.3. The van der Waals surface area contributed by atoms with Crippen molar-refractivity contribution >= 4 is 35.3 Å². The van der Waals surface area contributed by atoms with Gasteiger partial charge in [0.25, 0.3) is 0 Å². The van der Waals surface area contributed by atoms with Crippen molar-refractivity contribution in [3.63, 3.8) is 0 Å². The summed E-state index contributed by atoms with van der Waals surface area (Å²) in [5, 5.41) is 0. The number of hydrogen-bond acceptors (Lipinski definition) is 4. The molecule has 0 aliphatic heterocycles. The summed E-state index contributed by atoms with van der Waals surface area (Å²) in [7, 11) is 0. The normalized spacial score (nSPS) is 13.0. The first-order valence-corrected chi connectivity index (χ1v) is 16.2. The van der Waals surface area contributed by atoms with E-state index in [0.717, 1.165) is 23.4 Å². The van der Waals surface area contributed by atoms with Crippen LogP contribution in [0.15, 0.2) is 77.5 Å². The van der Waals surface area contributed by atoms with Crippen molar-refractivity contribution in [3.8, 4) is 0 Å². The SMILES string of the molecule is C/C=C(/CCCCCC)SC/C=C/C(/C=C\N)=C/Cc1cc(/C=C/c2ccc(CCCCCC)s2)ccn1. The van der Waals surface area contributed by atoms with Gasteiger partial charge >= 0.3 is 0 Å². The van der Waals surface area contributed by atoms with Crippen LogP contribution in [-0.4, -0.2) is 10.7 Å². The van der Waals surface area contributed by atoms with Crippen molar-refractivity contribution in [2.24, 2.45) is 5.73 Å². The summed E-state index contributed by atoms with van der Waals surface area (Å²) in [6.45, 7) is 6.68. The molecule has 0 saturated heterocycles. The van der Waals surface area contributed by atoms with Gasteiger partial charge < -0.3 is 5.73 Å². The summed E-state index contributed by atoms with van der Waals surface area (Å²) in [5.41, 5.74) is 9.08. The topological polar surface area (TPSA) is 38.9 Å². The predicted molar refractivity (Wildman–Crippen MR) is 175 cm³/mol. The molecule has 0 aliphatic rings. The number of pyridine rings is 1. The molecule has 2 aromatic rings. The predicted octanol–water partition coefficient (Wildman–Crippen LogP) is 10.5. The summed E-state index contributed by atoms with van der Waals surface area (Å²) in [5.74, 6) is 0.977. The van der Waals surface area contributed by atoms with Crippen molar-refractivity contribution in [1.82, 2.24) is 4.98 Å². The second kappa shape index (κ2) is 20.6. The van der Waals surface area contributed by atoms with Gasteiger partial charge in [-0.1, -0.05) is 82.8 Å². The highest BCUT2D eigenvalue weighted by Gasteiger charge is 2.00. The number of thiophene rings is 1. The van der Waals surface area contributed by atoms with Crippen LogP contribution in [0.4, 0.5) is 0 Å². The molecule has 0 atom stereocenters. The van der Waals surface area contributed by atoms with Crippen LogP contribution in [0, 0.1) is 0 Å². The zero-order valence-corrected chi connectivity index (χ0v) is 25.5. The van der Waals surface area contributed by atoms with E-state index in [4.69, 9.17) is 5.73 Å². The Hall–Kier alpha value is -2.30. The smallest absolute Gasteiger partial charge is 0.0447 e. The lowest BCUT2D eigenvalue weighted by atomic mass is 10.1. The first kappa shape index (κ1) is 31.9. The molecule has 0 spiro atoms. The molecular formula is C34H48N2S2. The number of allylic oxidation sites excluding steroid dienone is 6. The number of rotatable bonds is 19. The highest BCUT2D eigenvalue weighted by Crippen LogP contribution is 2.23. The molecule has 2 rings (SSSR count). The molecule has 4 heteroatoms. The highest BCUT2D eigenvalue weighted by molar-refractivity contribution is 8.03. The standard InChI is InChI=1S/C34H48N2S2/c1-4-7-9-11-15-32(6-3)37-27-13-14-29(23-25-35)17-19-31-28-30(24-26-36-31)18-20-34-22-21-33(38-34)16-12-10-8-5-2/h6,13-14,17-18,20-26,28H,4-5,7-12,15-16,19,27,35H2,1-3H3/b14-13+,20-18+,25-23-,29-17-,32-6-. The fourth-order valence-electron chi connectivity index (χ4n) is 4.13. The fraction of sp³-hybridized carbons (Fsp3) is 0.441. The summed E-state index contributed by atoms with van der Waals surface area (Å²) < 4.78 is 0. The maximum atomic E-state index is 5.72. The van der Waals surface area contributed by atoms with E-state index in [9.17, 15) is 0 Å². The van der Waals surface area contributed by atoms with E-state index in [1.54, 1.807) is 6.20 Å². The van der Waals surface area contributed by atoms with Gasteiger partial charge in [-0.2, -0.15) is 0 Å². The van der Waals surface area contributed by atoms with E-state index >= 15 is 0 Å². The Morgan fingerprint density at radius 3 is 2.55 bits per heavy atom. The lowest BCUT2D eigenvalue weighted by molar-refractivity contribution is 0.670. The number of nitrogens with zero attached hydrogens (tertiary/aromatic N) is 1. The molecular weight excluding hydrogens is 501 g/mol. The van der Waals surface area contributed by atoms with Crippen molar-refractivity contribution in [2.75, 3.05) is 5.75 Å². The summed E-state index contributed by atoms with van der Waals surface area (Å²) >= 11 is 3.85. The summed E-state index contributed by atoms with van der Waals surface area (Å²) in [4.78, 5) is 8.88. The zero-order valence-electron chi connectivity index (χ0n) is 23.8. The van der Waals surface area contributed by atoms with Crippen molar-refractivity contribution in [1.29, 1.82) is 0 Å². The molecule has 0 aliphatic carbocycles. The fourth-order valence-corrected chi connectivity index (χ4v) is 5.94. The maximum absolute atomic E-state index is 5.72. The van der Waals surface area contributed by atoms with E-state index in [1.165, 1.54) is 84.4 Å². The van der Waals surface area contributed by atoms with E-state index in [1.807, 2.05) is 35.4 Å². The van der Waals surface area contributed by atoms with Crippen molar-refractivity contribution < 1.29 is 0 Å². The number of aromatic nitrogens is 1. The molecule has 0 saturated carbocycles. The molecule has 0 bridgehead atoms. The van der Waals surface area contributed by atoms with E-state index in [2.05, 4.69) is 86.5 Å². The average Bonchev–Trinajstić information content (AvgIpc) is 3.40. The van der Waals surface area contributed by atoms with Gasteiger partial charge in [-0.05, 0) is 91.3 Å². The molecule has 0 amide bonds. The lowest BCUT2D eigenvalue weighted by Gasteiger charge is -2.05. The van der Waals surface area contributed by atoms with Crippen LogP contribution >= 0.6 is 23.1 Å². The summed E-state index contributed by atoms with van der Waals surface area (Å²) in [6, 6.07) is 8.77. The third kappa shape index (κ3) is 14.0. The van der Waals surface area contributed by atoms with E-state index in [-0.39, 0.29) is 0 Å². The highest BCUT2D eigenvalue weighted by atomic mass is 32.2. The molecule has 2 nitrogen and oxygen atoms in total. The Morgan fingerprint density at radius 1 is 0.974 bits per heavy atom. The van der Waals surface area contributed by atoms with Crippen LogP contribution in [-0.2, 0) is 12.8 Å². The molecule has 0 fully saturated rings. The number of nitrogens with two attached hydrogens (primary N) is 1. The van der Waals surface area contributed by atoms with Gasteiger partial charge in [-0.3, -0.25) is 4.98 Å². The largest absolute Gasteiger partial charge is 0.405 e. The second-order valence-corrected chi connectivity index (χ2v) is 11.9. The van der Waals surface area contributed by atoms with Crippen LogP contribution in [0.2, 0.25) is 0 Å². The Labute approximate surface area is 240 Å². The van der Waals surface area contributed by atoms with Gasteiger partial charge in [-0.25, -0.2) is 0 Å². The number of hydrogen-bond donors (Lipinski definition) is 1. The van der Waals surface area contributed by atoms with Gasteiger partial charge in [0.05, 0.1) is 0 Å². The molecule has 2 N–H and O–H groups in total. The summed E-state index contributed by atoms with van der Waals surface area (Å²) in [6.07, 6.45) is 32.4. The second-order valence-electron chi connectivity index (χ2n) is 9.57. The minimum atomic E-state index is 0.775. The minimum absolute atomic E-state index is 0.775. The van der Waals surface area contributed by atoms with Crippen molar-refractivity contribution in [2.45, 2.75) is 91.4 Å². The van der Waals surface area contributed by atoms with Crippen LogP contribution in [0.5, 0.6) is 0 Å². The Bertz CT molecular complexity index is 1060. The monoisotopic (exact) mass is 548 g/mol. The number of thioether (sulfide) groups is 1.